The van der Waals surface area contributed by atoms with Crippen LogP contribution in [0.1, 0.15) is 70.8 Å². The van der Waals surface area contributed by atoms with Gasteiger partial charge < -0.3 is 14.4 Å². The molecule has 2 atom stereocenters. The van der Waals surface area contributed by atoms with E-state index in [0.29, 0.717) is 18.4 Å². The minimum Gasteiger partial charge on any atom is -0.465 e. The fourth-order valence-electron chi connectivity index (χ4n) is 6.21. The van der Waals surface area contributed by atoms with Crippen LogP contribution in [0.4, 0.5) is 10.1 Å². The van der Waals surface area contributed by atoms with Gasteiger partial charge in [-0.25, -0.2) is 13.9 Å². The number of anilines is 1. The Morgan fingerprint density at radius 1 is 1.17 bits per heavy atom. The third-order valence-electron chi connectivity index (χ3n) is 8.20. The van der Waals surface area contributed by atoms with E-state index >= 15 is 0 Å². The van der Waals surface area contributed by atoms with Crippen LogP contribution in [0.2, 0.25) is 0 Å². The van der Waals surface area contributed by atoms with E-state index in [9.17, 15) is 9.18 Å². The largest absolute Gasteiger partial charge is 0.465 e. The van der Waals surface area contributed by atoms with Gasteiger partial charge in [-0.05, 0) is 92.7 Å². The SMILES string of the molecule is COC(=O)c1ccc(N2CC3CCC2(OCc2c(C4CC4)cnn2-c2c(C)cccc2C)C3)cc1F. The van der Waals surface area contributed by atoms with Crippen LogP contribution in [0.25, 0.3) is 5.69 Å². The summed E-state index contributed by atoms with van der Waals surface area (Å²) in [6, 6.07) is 11.1. The highest BCUT2D eigenvalue weighted by Crippen LogP contribution is 2.50. The number of piperidine rings is 1. The maximum Gasteiger partial charge on any atom is 0.340 e. The van der Waals surface area contributed by atoms with Crippen molar-refractivity contribution in [2.75, 3.05) is 18.6 Å². The van der Waals surface area contributed by atoms with Gasteiger partial charge in [0.2, 0.25) is 0 Å². The molecule has 1 aliphatic heterocycles. The molecule has 3 fully saturated rings. The van der Waals surface area contributed by atoms with Crippen LogP contribution in [0, 0.1) is 25.6 Å². The van der Waals surface area contributed by atoms with Gasteiger partial charge in [0, 0.05) is 12.2 Å². The molecule has 3 aromatic rings. The molecule has 2 aromatic carbocycles. The summed E-state index contributed by atoms with van der Waals surface area (Å²) in [4.78, 5) is 14.1. The minimum absolute atomic E-state index is 0.0489. The second-order valence-corrected chi connectivity index (χ2v) is 10.6. The smallest absolute Gasteiger partial charge is 0.340 e. The predicted octanol–water partition coefficient (Wildman–Crippen LogP) is 5.83. The zero-order valence-electron chi connectivity index (χ0n) is 21.1. The highest BCUT2D eigenvalue weighted by Gasteiger charge is 2.52. The van der Waals surface area contributed by atoms with Crippen molar-refractivity contribution >= 4 is 11.7 Å². The number of carbonyl (C=O) groups excluding carboxylic acids is 1. The number of carbonyl (C=O) groups is 1. The Morgan fingerprint density at radius 3 is 2.61 bits per heavy atom. The van der Waals surface area contributed by atoms with E-state index < -0.39 is 17.5 Å². The van der Waals surface area contributed by atoms with Crippen LogP contribution in [-0.4, -0.2) is 35.1 Å². The number of aromatic nitrogens is 2. The Labute approximate surface area is 211 Å². The summed E-state index contributed by atoms with van der Waals surface area (Å²) in [6.45, 7) is 5.52. The van der Waals surface area contributed by atoms with Crippen molar-refractivity contribution in [1.29, 1.82) is 0 Å². The molecular weight excluding hydrogens is 457 g/mol. The molecule has 0 spiro atoms. The maximum absolute atomic E-state index is 14.8. The van der Waals surface area contributed by atoms with E-state index in [-0.39, 0.29) is 5.56 Å². The molecule has 188 valence electrons. The van der Waals surface area contributed by atoms with Crippen LogP contribution >= 0.6 is 0 Å². The molecule has 1 aromatic heterocycles. The zero-order valence-corrected chi connectivity index (χ0v) is 21.1. The Hall–Kier alpha value is -3.19. The number of hydrogen-bond acceptors (Lipinski definition) is 5. The molecule has 6 rings (SSSR count). The number of methoxy groups -OCH3 is 1. The Kier molecular flexibility index (Phi) is 5.63. The Morgan fingerprint density at radius 2 is 1.94 bits per heavy atom. The van der Waals surface area contributed by atoms with Crippen molar-refractivity contribution in [2.45, 2.75) is 64.2 Å². The van der Waals surface area contributed by atoms with Crippen LogP contribution in [-0.2, 0) is 16.1 Å². The fourth-order valence-corrected chi connectivity index (χ4v) is 6.21. The Balaban J connectivity index is 1.32. The second-order valence-electron chi connectivity index (χ2n) is 10.6. The fraction of sp³-hybridized carbons (Fsp3) is 0.448. The zero-order chi connectivity index (χ0) is 25.0. The molecule has 0 amide bonds. The molecule has 2 saturated carbocycles. The summed E-state index contributed by atoms with van der Waals surface area (Å²) in [7, 11) is 1.26. The lowest BCUT2D eigenvalue weighted by atomic mass is 10.1. The summed E-state index contributed by atoms with van der Waals surface area (Å²) in [5.41, 5.74) is 6.09. The second kappa shape index (κ2) is 8.73. The summed E-state index contributed by atoms with van der Waals surface area (Å²) in [6.07, 6.45) is 7.32. The van der Waals surface area contributed by atoms with Gasteiger partial charge in [-0.1, -0.05) is 18.2 Å². The van der Waals surface area contributed by atoms with Crippen molar-refractivity contribution < 1.29 is 18.7 Å². The number of aryl methyl sites for hydroxylation is 2. The highest BCUT2D eigenvalue weighted by atomic mass is 19.1. The lowest BCUT2D eigenvalue weighted by molar-refractivity contribution is -0.0471. The first-order valence-corrected chi connectivity index (χ1v) is 12.8. The normalized spacial score (nSPS) is 22.9. The quantitative estimate of drug-likeness (QED) is 0.391. The molecule has 6 nitrogen and oxygen atoms in total. The number of ether oxygens (including phenoxy) is 2. The predicted molar refractivity (Wildman–Crippen MR) is 135 cm³/mol. The van der Waals surface area contributed by atoms with Gasteiger partial charge in [0.25, 0.3) is 0 Å². The number of esters is 1. The van der Waals surface area contributed by atoms with E-state index in [4.69, 9.17) is 14.6 Å². The molecule has 2 bridgehead atoms. The Bertz CT molecular complexity index is 1310. The summed E-state index contributed by atoms with van der Waals surface area (Å²) in [5, 5.41) is 4.83. The van der Waals surface area contributed by atoms with E-state index in [0.717, 1.165) is 42.9 Å². The first-order chi connectivity index (χ1) is 17.4. The van der Waals surface area contributed by atoms with E-state index in [1.807, 2.05) is 6.20 Å². The highest BCUT2D eigenvalue weighted by molar-refractivity contribution is 5.90. The standard InChI is InChI=1S/C29H32FN3O3/c1-18-5-4-6-19(2)27(18)33-26(24(15-31-33)21-7-8-21)17-36-29-12-11-20(14-29)16-32(29)22-9-10-23(25(30)13-22)28(34)35-3/h4-6,9-10,13,15,20-21H,7-8,11-12,14,16-17H2,1-3H3. The molecular formula is C29H32FN3O3. The third-order valence-corrected chi connectivity index (χ3v) is 8.20. The van der Waals surface area contributed by atoms with Gasteiger partial charge in [0.15, 0.2) is 0 Å². The summed E-state index contributed by atoms with van der Waals surface area (Å²) >= 11 is 0. The van der Waals surface area contributed by atoms with Crippen LogP contribution in [0.5, 0.6) is 0 Å². The first kappa shape index (κ1) is 23.2. The number of hydrogen-bond donors (Lipinski definition) is 0. The molecule has 2 heterocycles. The first-order valence-electron chi connectivity index (χ1n) is 12.8. The van der Waals surface area contributed by atoms with E-state index in [1.54, 1.807) is 6.07 Å². The molecule has 7 heteroatoms. The average Bonchev–Trinajstić information content (AvgIpc) is 3.35. The third kappa shape index (κ3) is 3.81. The van der Waals surface area contributed by atoms with Crippen molar-refractivity contribution in [3.8, 4) is 5.69 Å². The summed E-state index contributed by atoms with van der Waals surface area (Å²) < 4.78 is 28.4. The molecule has 1 saturated heterocycles. The van der Waals surface area contributed by atoms with Gasteiger partial charge >= 0.3 is 5.97 Å². The number of nitrogens with zero attached hydrogens (tertiary/aromatic N) is 3. The number of para-hydroxylation sites is 1. The van der Waals surface area contributed by atoms with Gasteiger partial charge in [-0.15, -0.1) is 0 Å². The van der Waals surface area contributed by atoms with E-state index in [2.05, 4.69) is 41.6 Å². The molecule has 36 heavy (non-hydrogen) atoms. The molecule has 2 unspecified atom stereocenters. The number of rotatable bonds is 7. The maximum atomic E-state index is 14.8. The van der Waals surface area contributed by atoms with Crippen molar-refractivity contribution in [1.82, 2.24) is 9.78 Å². The number of fused-ring (bicyclic) bond motifs is 2. The monoisotopic (exact) mass is 489 g/mol. The molecule has 0 N–H and O–H groups in total. The van der Waals surface area contributed by atoms with Gasteiger partial charge in [0.05, 0.1) is 36.9 Å². The minimum atomic E-state index is -0.666. The molecule has 3 aliphatic rings. The van der Waals surface area contributed by atoms with Crippen molar-refractivity contribution in [3.63, 3.8) is 0 Å². The van der Waals surface area contributed by atoms with Gasteiger partial charge in [-0.3, -0.25) is 0 Å². The number of benzene rings is 2. The van der Waals surface area contributed by atoms with Crippen LogP contribution in [0.3, 0.4) is 0 Å². The molecule has 2 aliphatic carbocycles. The van der Waals surface area contributed by atoms with Crippen molar-refractivity contribution in [2.24, 2.45) is 5.92 Å². The lowest BCUT2D eigenvalue weighted by Gasteiger charge is -2.40. The molecule has 0 radical (unpaired) electrons. The van der Waals surface area contributed by atoms with Crippen LogP contribution in [0.15, 0.2) is 42.6 Å². The van der Waals surface area contributed by atoms with Gasteiger partial charge in [0.1, 0.15) is 11.5 Å². The van der Waals surface area contributed by atoms with Gasteiger partial charge in [-0.2, -0.15) is 5.10 Å². The van der Waals surface area contributed by atoms with Crippen LogP contribution < -0.4 is 4.90 Å². The summed E-state index contributed by atoms with van der Waals surface area (Å²) in [5.74, 6) is -0.170. The average molecular weight is 490 g/mol. The van der Waals surface area contributed by atoms with Crippen molar-refractivity contribution in [3.05, 3.63) is 76.4 Å². The lowest BCUT2D eigenvalue weighted by Crippen LogP contribution is -2.47. The number of halogens is 1. The van der Waals surface area contributed by atoms with E-state index in [1.165, 1.54) is 48.8 Å². The topological polar surface area (TPSA) is 56.6 Å².